The number of hydrogen-bond donors (Lipinski definition) is 1. The zero-order valence-corrected chi connectivity index (χ0v) is 12.8. The molecule has 1 aromatic heterocycles. The molecule has 1 heterocycles. The Morgan fingerprint density at radius 1 is 1.24 bits per heavy atom. The smallest absolute Gasteiger partial charge is 0.231 e. The van der Waals surface area contributed by atoms with Crippen LogP contribution in [0.1, 0.15) is 32.1 Å². The van der Waals surface area contributed by atoms with Crippen molar-refractivity contribution in [3.8, 4) is 22.9 Å². The third-order valence-electron chi connectivity index (χ3n) is 3.48. The lowest BCUT2D eigenvalue weighted by Gasteiger charge is -2.13. The van der Waals surface area contributed by atoms with E-state index in [4.69, 9.17) is 19.7 Å². The lowest BCUT2D eigenvalue weighted by atomic mass is 9.99. The monoisotopic (exact) mass is 291 g/mol. The van der Waals surface area contributed by atoms with Gasteiger partial charge >= 0.3 is 0 Å². The zero-order valence-electron chi connectivity index (χ0n) is 12.8. The first-order valence-electron chi connectivity index (χ1n) is 6.92. The Kier molecular flexibility index (Phi) is 4.80. The predicted molar refractivity (Wildman–Crippen MR) is 79.5 cm³/mol. The minimum absolute atomic E-state index is 0.0336. The Morgan fingerprint density at radius 3 is 2.52 bits per heavy atom. The Balaban J connectivity index is 2.33. The molecule has 0 aliphatic heterocycles. The molecule has 0 fully saturated rings. The molecule has 2 atom stereocenters. The van der Waals surface area contributed by atoms with E-state index in [1.54, 1.807) is 14.2 Å². The topological polar surface area (TPSA) is 83.4 Å². The van der Waals surface area contributed by atoms with Crippen molar-refractivity contribution in [2.75, 3.05) is 14.2 Å². The van der Waals surface area contributed by atoms with Crippen molar-refractivity contribution in [1.29, 1.82) is 0 Å². The van der Waals surface area contributed by atoms with Crippen LogP contribution in [0.3, 0.4) is 0 Å². The number of rotatable bonds is 6. The van der Waals surface area contributed by atoms with E-state index in [-0.39, 0.29) is 12.0 Å². The summed E-state index contributed by atoms with van der Waals surface area (Å²) in [5, 5.41) is 4.03. The lowest BCUT2D eigenvalue weighted by Crippen LogP contribution is -2.24. The van der Waals surface area contributed by atoms with Crippen molar-refractivity contribution in [3.05, 3.63) is 24.1 Å². The molecule has 2 N–H and O–H groups in total. The van der Waals surface area contributed by atoms with Crippen molar-refractivity contribution in [2.45, 2.75) is 32.2 Å². The molecule has 21 heavy (non-hydrogen) atoms. The third-order valence-corrected chi connectivity index (χ3v) is 3.48. The van der Waals surface area contributed by atoms with Gasteiger partial charge in [-0.15, -0.1) is 0 Å². The van der Waals surface area contributed by atoms with Gasteiger partial charge in [-0.2, -0.15) is 4.98 Å². The van der Waals surface area contributed by atoms with Crippen LogP contribution in [0.5, 0.6) is 11.5 Å². The van der Waals surface area contributed by atoms with Crippen LogP contribution in [0.4, 0.5) is 0 Å². The molecule has 0 aliphatic carbocycles. The minimum atomic E-state index is -0.0336. The van der Waals surface area contributed by atoms with Gasteiger partial charge in [-0.05, 0) is 31.5 Å². The Hall–Kier alpha value is -2.08. The molecule has 6 nitrogen and oxygen atoms in total. The van der Waals surface area contributed by atoms with E-state index in [1.165, 1.54) is 0 Å². The molecule has 0 saturated heterocycles. The first-order chi connectivity index (χ1) is 10.1. The van der Waals surface area contributed by atoms with Gasteiger partial charge in [0.1, 0.15) is 0 Å². The van der Waals surface area contributed by atoms with Gasteiger partial charge in [0, 0.05) is 11.6 Å². The number of hydrogen-bond acceptors (Lipinski definition) is 6. The second-order valence-corrected chi connectivity index (χ2v) is 4.90. The van der Waals surface area contributed by atoms with Gasteiger partial charge in [-0.3, -0.25) is 0 Å². The van der Waals surface area contributed by atoms with Gasteiger partial charge in [-0.25, -0.2) is 0 Å². The Morgan fingerprint density at radius 2 is 1.95 bits per heavy atom. The van der Waals surface area contributed by atoms with E-state index in [0.29, 0.717) is 23.2 Å². The lowest BCUT2D eigenvalue weighted by molar-refractivity contribution is 0.334. The summed E-state index contributed by atoms with van der Waals surface area (Å²) < 4.78 is 15.8. The van der Waals surface area contributed by atoms with Gasteiger partial charge in [0.05, 0.1) is 20.1 Å². The van der Waals surface area contributed by atoms with Crippen molar-refractivity contribution < 1.29 is 14.0 Å². The zero-order chi connectivity index (χ0) is 15.4. The average molecular weight is 291 g/mol. The van der Waals surface area contributed by atoms with Crippen LogP contribution in [0.2, 0.25) is 0 Å². The number of ether oxygens (including phenoxy) is 2. The third kappa shape index (κ3) is 3.16. The van der Waals surface area contributed by atoms with Gasteiger partial charge in [0.25, 0.3) is 0 Å². The van der Waals surface area contributed by atoms with Gasteiger partial charge in [0.15, 0.2) is 11.5 Å². The summed E-state index contributed by atoms with van der Waals surface area (Å²) in [4.78, 5) is 4.45. The van der Waals surface area contributed by atoms with E-state index < -0.39 is 0 Å². The van der Waals surface area contributed by atoms with Crippen LogP contribution in [0.15, 0.2) is 22.7 Å². The number of nitrogens with two attached hydrogens (primary N) is 1. The molecular formula is C15H21N3O3. The number of benzene rings is 1. The average Bonchev–Trinajstić information content (AvgIpc) is 2.96. The van der Waals surface area contributed by atoms with Crippen LogP contribution < -0.4 is 15.2 Å². The molecule has 2 unspecified atom stereocenters. The molecule has 2 aromatic rings. The van der Waals surface area contributed by atoms with E-state index in [1.807, 2.05) is 32.0 Å². The molecular weight excluding hydrogens is 270 g/mol. The predicted octanol–water partition coefficient (Wildman–Crippen LogP) is 2.59. The highest BCUT2D eigenvalue weighted by molar-refractivity contribution is 5.60. The number of methoxy groups -OCH3 is 2. The highest BCUT2D eigenvalue weighted by atomic mass is 16.5. The second kappa shape index (κ2) is 6.58. The fraction of sp³-hybridized carbons (Fsp3) is 0.467. The van der Waals surface area contributed by atoms with Crippen molar-refractivity contribution in [1.82, 2.24) is 10.1 Å². The summed E-state index contributed by atoms with van der Waals surface area (Å²) in [6.07, 6.45) is 0.852. The summed E-state index contributed by atoms with van der Waals surface area (Å²) in [7, 11) is 3.19. The molecule has 0 amide bonds. The van der Waals surface area contributed by atoms with Gasteiger partial charge in [0.2, 0.25) is 11.7 Å². The summed E-state index contributed by atoms with van der Waals surface area (Å²) in [6, 6.07) is 5.46. The maximum Gasteiger partial charge on any atom is 0.231 e. The Labute approximate surface area is 124 Å². The first-order valence-corrected chi connectivity index (χ1v) is 6.92. The van der Waals surface area contributed by atoms with Gasteiger partial charge < -0.3 is 19.7 Å². The van der Waals surface area contributed by atoms with Crippen LogP contribution in [-0.4, -0.2) is 30.4 Å². The molecule has 0 aliphatic rings. The Bertz CT molecular complexity index is 596. The number of aromatic nitrogens is 2. The molecule has 0 saturated carbocycles. The molecule has 0 radical (unpaired) electrons. The van der Waals surface area contributed by atoms with Crippen molar-refractivity contribution in [3.63, 3.8) is 0 Å². The fourth-order valence-electron chi connectivity index (χ4n) is 2.25. The normalized spacial score (nSPS) is 13.8. The van der Waals surface area contributed by atoms with Crippen molar-refractivity contribution in [2.24, 2.45) is 5.73 Å². The van der Waals surface area contributed by atoms with Gasteiger partial charge in [-0.1, -0.05) is 12.1 Å². The number of nitrogens with zero attached hydrogens (tertiary/aromatic N) is 2. The van der Waals surface area contributed by atoms with Crippen molar-refractivity contribution >= 4 is 0 Å². The van der Waals surface area contributed by atoms with Crippen LogP contribution in [0, 0.1) is 0 Å². The highest BCUT2D eigenvalue weighted by Crippen LogP contribution is 2.32. The van der Waals surface area contributed by atoms with E-state index in [9.17, 15) is 0 Å². The highest BCUT2D eigenvalue weighted by Gasteiger charge is 2.21. The molecule has 0 spiro atoms. The van der Waals surface area contributed by atoms with E-state index in [0.717, 1.165) is 12.0 Å². The standard InChI is InChI=1S/C15H21N3O3/c1-5-11(9(2)16)15-17-14(18-21-15)10-6-7-12(19-3)13(8-10)20-4/h6-9,11H,5,16H2,1-4H3. The maximum absolute atomic E-state index is 5.95. The van der Waals surface area contributed by atoms with Crippen LogP contribution >= 0.6 is 0 Å². The molecule has 1 aromatic carbocycles. The second-order valence-electron chi connectivity index (χ2n) is 4.90. The largest absolute Gasteiger partial charge is 0.493 e. The summed E-state index contributed by atoms with van der Waals surface area (Å²) >= 11 is 0. The summed E-state index contributed by atoms with van der Waals surface area (Å²) in [5.41, 5.74) is 6.75. The fourth-order valence-corrected chi connectivity index (χ4v) is 2.25. The SMILES string of the molecule is CCC(c1nc(-c2ccc(OC)c(OC)c2)no1)C(C)N. The quantitative estimate of drug-likeness (QED) is 0.880. The molecule has 6 heteroatoms. The summed E-state index contributed by atoms with van der Waals surface area (Å²) in [5.74, 6) is 2.43. The van der Waals surface area contributed by atoms with Crippen LogP contribution in [-0.2, 0) is 0 Å². The minimum Gasteiger partial charge on any atom is -0.493 e. The van der Waals surface area contributed by atoms with E-state index in [2.05, 4.69) is 10.1 Å². The molecule has 114 valence electrons. The maximum atomic E-state index is 5.95. The van der Waals surface area contributed by atoms with Crippen LogP contribution in [0.25, 0.3) is 11.4 Å². The first kappa shape index (κ1) is 15.3. The molecule has 2 rings (SSSR count). The summed E-state index contributed by atoms with van der Waals surface area (Å²) in [6.45, 7) is 3.99. The van der Waals surface area contributed by atoms with E-state index >= 15 is 0 Å². The molecule has 0 bridgehead atoms.